The van der Waals surface area contributed by atoms with Crippen molar-refractivity contribution in [3.63, 3.8) is 0 Å². The molecular formula is C21H20Cl3F2N3. The average molecular weight is 459 g/mol. The SMILES string of the molecule is CC(F)(F)CN1CCc2c(nn(-c3ccccc3Cl)c2-c2ccc(Cl)cc2)C1.Cl. The number of benzene rings is 2. The van der Waals surface area contributed by atoms with Crippen molar-refractivity contribution in [2.75, 3.05) is 13.1 Å². The van der Waals surface area contributed by atoms with Crippen LogP contribution in [0.2, 0.25) is 10.0 Å². The van der Waals surface area contributed by atoms with Crippen LogP contribution >= 0.6 is 35.6 Å². The van der Waals surface area contributed by atoms with Crippen molar-refractivity contribution >= 4 is 35.6 Å². The topological polar surface area (TPSA) is 21.1 Å². The van der Waals surface area contributed by atoms with Crippen LogP contribution < -0.4 is 0 Å². The Bertz CT molecular complexity index is 997. The van der Waals surface area contributed by atoms with E-state index in [2.05, 4.69) is 0 Å². The van der Waals surface area contributed by atoms with Gasteiger partial charge >= 0.3 is 0 Å². The van der Waals surface area contributed by atoms with Gasteiger partial charge in [0.1, 0.15) is 0 Å². The molecule has 2 aromatic carbocycles. The molecular weight excluding hydrogens is 439 g/mol. The van der Waals surface area contributed by atoms with Gasteiger partial charge in [0.2, 0.25) is 0 Å². The largest absolute Gasteiger partial charge is 0.291 e. The molecule has 2 heterocycles. The van der Waals surface area contributed by atoms with Gasteiger partial charge in [-0.05, 0) is 30.7 Å². The standard InChI is InChI=1S/C21H19Cl2F2N3.ClH/c1-21(24,25)13-27-11-10-16-18(12-27)26-28(19-5-3-2-4-17(19)23)20(16)14-6-8-15(22)9-7-14;/h2-9H,10-13H2,1H3;1H. The number of alkyl halides is 2. The van der Waals surface area contributed by atoms with E-state index in [9.17, 15) is 8.78 Å². The molecule has 0 fully saturated rings. The van der Waals surface area contributed by atoms with Crippen molar-refractivity contribution in [1.82, 2.24) is 14.7 Å². The summed E-state index contributed by atoms with van der Waals surface area (Å²) in [5.74, 6) is -2.73. The summed E-state index contributed by atoms with van der Waals surface area (Å²) < 4.78 is 28.8. The lowest BCUT2D eigenvalue weighted by molar-refractivity contribution is -0.0181. The molecule has 0 bridgehead atoms. The van der Waals surface area contributed by atoms with Crippen LogP contribution in [-0.2, 0) is 13.0 Å². The Morgan fingerprint density at radius 2 is 1.76 bits per heavy atom. The van der Waals surface area contributed by atoms with Gasteiger partial charge in [-0.2, -0.15) is 5.10 Å². The molecule has 29 heavy (non-hydrogen) atoms. The van der Waals surface area contributed by atoms with Crippen molar-refractivity contribution in [3.8, 4) is 16.9 Å². The number of para-hydroxylation sites is 1. The van der Waals surface area contributed by atoms with Crippen LogP contribution in [0.5, 0.6) is 0 Å². The summed E-state index contributed by atoms with van der Waals surface area (Å²) in [7, 11) is 0. The zero-order valence-corrected chi connectivity index (χ0v) is 18.0. The molecule has 8 heteroatoms. The number of fused-ring (bicyclic) bond motifs is 1. The lowest BCUT2D eigenvalue weighted by Gasteiger charge is -2.28. The zero-order chi connectivity index (χ0) is 19.9. The second-order valence-electron chi connectivity index (χ2n) is 7.17. The highest BCUT2D eigenvalue weighted by atomic mass is 35.5. The minimum absolute atomic E-state index is 0. The van der Waals surface area contributed by atoms with Gasteiger partial charge in [-0.25, -0.2) is 13.5 Å². The molecule has 1 aromatic heterocycles. The van der Waals surface area contributed by atoms with Crippen LogP contribution in [0, 0.1) is 0 Å². The Balaban J connectivity index is 0.00000240. The maximum absolute atomic E-state index is 13.5. The average Bonchev–Trinajstić information content (AvgIpc) is 3.00. The highest BCUT2D eigenvalue weighted by molar-refractivity contribution is 6.32. The van der Waals surface area contributed by atoms with Gasteiger partial charge in [0.25, 0.3) is 5.92 Å². The summed E-state index contributed by atoms with van der Waals surface area (Å²) in [6.07, 6.45) is 0.647. The summed E-state index contributed by atoms with van der Waals surface area (Å²) in [5, 5.41) is 6.00. The second-order valence-corrected chi connectivity index (χ2v) is 8.02. The van der Waals surface area contributed by atoms with Crippen LogP contribution in [0.15, 0.2) is 48.5 Å². The minimum atomic E-state index is -2.73. The van der Waals surface area contributed by atoms with Gasteiger partial charge in [0.05, 0.1) is 28.6 Å². The Hall–Kier alpha value is -1.66. The van der Waals surface area contributed by atoms with Crippen molar-refractivity contribution in [1.29, 1.82) is 0 Å². The molecule has 1 aliphatic rings. The summed E-state index contributed by atoms with van der Waals surface area (Å²) in [6, 6.07) is 15.0. The molecule has 0 N–H and O–H groups in total. The lowest BCUT2D eigenvalue weighted by Crippen LogP contribution is -2.38. The van der Waals surface area contributed by atoms with Crippen LogP contribution in [0.25, 0.3) is 16.9 Å². The predicted octanol–water partition coefficient (Wildman–Crippen LogP) is 6.28. The molecule has 154 valence electrons. The van der Waals surface area contributed by atoms with E-state index in [1.165, 1.54) is 0 Å². The summed E-state index contributed by atoms with van der Waals surface area (Å²) in [4.78, 5) is 1.75. The maximum Gasteiger partial charge on any atom is 0.257 e. The number of aromatic nitrogens is 2. The highest BCUT2D eigenvalue weighted by Crippen LogP contribution is 2.35. The van der Waals surface area contributed by atoms with Crippen LogP contribution in [-0.4, -0.2) is 33.7 Å². The van der Waals surface area contributed by atoms with Gasteiger partial charge in [0, 0.05) is 36.2 Å². The Morgan fingerprint density at radius 1 is 1.07 bits per heavy atom. The van der Waals surface area contributed by atoms with E-state index < -0.39 is 5.92 Å². The summed E-state index contributed by atoms with van der Waals surface area (Å²) >= 11 is 12.5. The van der Waals surface area contributed by atoms with E-state index in [4.69, 9.17) is 28.3 Å². The quantitative estimate of drug-likeness (QED) is 0.459. The molecule has 3 nitrogen and oxygen atoms in total. The van der Waals surface area contributed by atoms with E-state index in [1.54, 1.807) is 4.90 Å². The van der Waals surface area contributed by atoms with Crippen LogP contribution in [0.3, 0.4) is 0 Å². The second kappa shape index (κ2) is 8.60. The number of nitrogens with zero attached hydrogens (tertiary/aromatic N) is 3. The van der Waals surface area contributed by atoms with Gasteiger partial charge in [-0.1, -0.05) is 47.5 Å². The Kier molecular flexibility index (Phi) is 6.54. The first-order chi connectivity index (χ1) is 13.3. The third-order valence-electron chi connectivity index (χ3n) is 4.82. The Morgan fingerprint density at radius 3 is 2.41 bits per heavy atom. The lowest BCUT2D eigenvalue weighted by atomic mass is 9.99. The van der Waals surface area contributed by atoms with E-state index in [-0.39, 0.29) is 19.0 Å². The van der Waals surface area contributed by atoms with E-state index in [0.29, 0.717) is 29.6 Å². The molecule has 0 aliphatic carbocycles. The van der Waals surface area contributed by atoms with E-state index >= 15 is 0 Å². The summed E-state index contributed by atoms with van der Waals surface area (Å²) in [5.41, 5.74) is 4.53. The number of rotatable bonds is 4. The van der Waals surface area contributed by atoms with Crippen molar-refractivity contribution < 1.29 is 8.78 Å². The van der Waals surface area contributed by atoms with Gasteiger partial charge < -0.3 is 0 Å². The smallest absolute Gasteiger partial charge is 0.257 e. The number of halogens is 5. The van der Waals surface area contributed by atoms with E-state index in [0.717, 1.165) is 35.1 Å². The molecule has 0 spiro atoms. The molecule has 0 saturated carbocycles. The van der Waals surface area contributed by atoms with Crippen LogP contribution in [0.4, 0.5) is 8.78 Å². The number of hydrogen-bond donors (Lipinski definition) is 0. The Labute approximate surface area is 184 Å². The summed E-state index contributed by atoms with van der Waals surface area (Å²) in [6.45, 7) is 1.62. The predicted molar refractivity (Wildman–Crippen MR) is 116 cm³/mol. The maximum atomic E-state index is 13.5. The highest BCUT2D eigenvalue weighted by Gasteiger charge is 2.31. The third-order valence-corrected chi connectivity index (χ3v) is 5.39. The normalized spacial score (nSPS) is 14.4. The molecule has 0 saturated heterocycles. The first-order valence-electron chi connectivity index (χ1n) is 9.03. The number of hydrogen-bond acceptors (Lipinski definition) is 2. The fourth-order valence-corrected chi connectivity index (χ4v) is 4.02. The van der Waals surface area contributed by atoms with Crippen molar-refractivity contribution in [2.45, 2.75) is 25.8 Å². The van der Waals surface area contributed by atoms with Crippen LogP contribution in [0.1, 0.15) is 18.2 Å². The fourth-order valence-electron chi connectivity index (χ4n) is 3.68. The van der Waals surface area contributed by atoms with Crippen molar-refractivity contribution in [2.24, 2.45) is 0 Å². The van der Waals surface area contributed by atoms with E-state index in [1.807, 2.05) is 53.2 Å². The van der Waals surface area contributed by atoms with Gasteiger partial charge in [0.15, 0.2) is 0 Å². The first kappa shape index (κ1) is 22.0. The fraction of sp³-hybridized carbons (Fsp3) is 0.286. The molecule has 4 rings (SSSR count). The zero-order valence-electron chi connectivity index (χ0n) is 15.7. The van der Waals surface area contributed by atoms with Gasteiger partial charge in [-0.3, -0.25) is 4.90 Å². The molecule has 0 amide bonds. The molecule has 1 aliphatic heterocycles. The molecule has 0 radical (unpaired) electrons. The van der Waals surface area contributed by atoms with Crippen molar-refractivity contribution in [3.05, 3.63) is 69.8 Å². The third kappa shape index (κ3) is 4.75. The molecule has 0 unspecified atom stereocenters. The van der Waals surface area contributed by atoms with Gasteiger partial charge in [-0.15, -0.1) is 12.4 Å². The monoisotopic (exact) mass is 457 g/mol. The molecule has 3 aromatic rings. The molecule has 0 atom stereocenters. The first-order valence-corrected chi connectivity index (χ1v) is 9.79. The minimum Gasteiger partial charge on any atom is -0.291 e.